The molecule has 0 aromatic carbocycles. The summed E-state index contributed by atoms with van der Waals surface area (Å²) >= 11 is 4.15. The minimum absolute atomic E-state index is 1.04. The summed E-state index contributed by atoms with van der Waals surface area (Å²) in [5.41, 5.74) is 1.44. The maximum atomic E-state index is 4.15. The quantitative estimate of drug-likeness (QED) is 0.354. The average Bonchev–Trinajstić information content (AvgIpc) is 1.87. The molecule has 0 aromatic rings. The lowest BCUT2D eigenvalue weighted by atomic mass is 10.1. The number of rotatable bonds is 5. The Bertz CT molecular complexity index is 90.9. The zero-order chi connectivity index (χ0) is 7.82. The second-order valence-electron chi connectivity index (χ2n) is 2.85. The van der Waals surface area contributed by atoms with E-state index in [0.717, 1.165) is 5.75 Å². The molecule has 0 aromatic heterocycles. The highest BCUT2D eigenvalue weighted by Gasteiger charge is 1.84. The highest BCUT2D eigenvalue weighted by atomic mass is 32.1. The van der Waals surface area contributed by atoms with Crippen molar-refractivity contribution in [2.24, 2.45) is 0 Å². The summed E-state index contributed by atoms with van der Waals surface area (Å²) in [6, 6.07) is 0. The van der Waals surface area contributed by atoms with Crippen LogP contribution < -0.4 is 0 Å². The van der Waals surface area contributed by atoms with E-state index in [9.17, 15) is 0 Å². The molecular weight excluding hydrogens is 140 g/mol. The van der Waals surface area contributed by atoms with Gasteiger partial charge in [0.2, 0.25) is 0 Å². The number of allylic oxidation sites excluding steroid dienone is 2. The van der Waals surface area contributed by atoms with Crippen LogP contribution >= 0.6 is 12.6 Å². The van der Waals surface area contributed by atoms with Gasteiger partial charge in [0.05, 0.1) is 0 Å². The van der Waals surface area contributed by atoms with Crippen LogP contribution in [0.2, 0.25) is 0 Å². The molecule has 0 radical (unpaired) electrons. The van der Waals surface area contributed by atoms with E-state index in [4.69, 9.17) is 0 Å². The summed E-state index contributed by atoms with van der Waals surface area (Å²) in [6.07, 6.45) is 7.47. The number of thiol groups is 1. The fraction of sp³-hybridized carbons (Fsp3) is 0.778. The molecule has 0 heterocycles. The second-order valence-corrected chi connectivity index (χ2v) is 3.30. The lowest BCUT2D eigenvalue weighted by molar-refractivity contribution is 0.733. The third-order valence-corrected chi connectivity index (χ3v) is 1.73. The predicted molar refractivity (Wildman–Crippen MR) is 51.8 cm³/mol. The van der Waals surface area contributed by atoms with Crippen LogP contribution in [0.5, 0.6) is 0 Å². The first kappa shape index (κ1) is 10.1. The average molecular weight is 158 g/mol. The standard InChI is InChI=1S/C9H18S/c1-9(2)7-5-3-4-6-8-10/h7,10H,3-6,8H2,1-2H3. The van der Waals surface area contributed by atoms with Crippen molar-refractivity contribution in [1.82, 2.24) is 0 Å². The molecular formula is C9H18S. The van der Waals surface area contributed by atoms with Crippen LogP contribution in [0.3, 0.4) is 0 Å². The molecule has 0 atom stereocenters. The van der Waals surface area contributed by atoms with Gasteiger partial charge in [-0.1, -0.05) is 18.1 Å². The topological polar surface area (TPSA) is 0 Å². The van der Waals surface area contributed by atoms with Gasteiger partial charge in [-0.3, -0.25) is 0 Å². The van der Waals surface area contributed by atoms with E-state index in [1.165, 1.54) is 31.3 Å². The molecule has 0 unspecified atom stereocenters. The van der Waals surface area contributed by atoms with Crippen LogP contribution in [0.4, 0.5) is 0 Å². The molecule has 0 rings (SSSR count). The maximum Gasteiger partial charge on any atom is -0.00979 e. The molecule has 0 N–H and O–H groups in total. The zero-order valence-electron chi connectivity index (χ0n) is 7.06. The van der Waals surface area contributed by atoms with Crippen LogP contribution in [0.1, 0.15) is 39.5 Å². The molecule has 1 heteroatoms. The van der Waals surface area contributed by atoms with Crippen LogP contribution in [0.25, 0.3) is 0 Å². The third-order valence-electron chi connectivity index (χ3n) is 1.41. The number of hydrogen-bond donors (Lipinski definition) is 1. The van der Waals surface area contributed by atoms with Crippen molar-refractivity contribution in [2.75, 3.05) is 5.75 Å². The van der Waals surface area contributed by atoms with Gasteiger partial charge in [0.1, 0.15) is 0 Å². The van der Waals surface area contributed by atoms with E-state index < -0.39 is 0 Å². The fourth-order valence-corrected chi connectivity index (χ4v) is 1.05. The summed E-state index contributed by atoms with van der Waals surface area (Å²) in [7, 11) is 0. The van der Waals surface area contributed by atoms with E-state index in [0.29, 0.717) is 0 Å². The van der Waals surface area contributed by atoms with Gasteiger partial charge in [-0.15, -0.1) is 0 Å². The molecule has 0 fully saturated rings. The minimum Gasteiger partial charge on any atom is -0.179 e. The van der Waals surface area contributed by atoms with E-state index in [1.54, 1.807) is 0 Å². The zero-order valence-corrected chi connectivity index (χ0v) is 7.95. The first-order chi connectivity index (χ1) is 4.77. The van der Waals surface area contributed by atoms with Crippen LogP contribution in [0.15, 0.2) is 11.6 Å². The Kier molecular flexibility index (Phi) is 7.26. The normalized spacial score (nSPS) is 9.50. The lowest BCUT2D eigenvalue weighted by Gasteiger charge is -1.94. The molecule has 0 bridgehead atoms. The molecule has 0 saturated carbocycles. The lowest BCUT2D eigenvalue weighted by Crippen LogP contribution is -1.77. The van der Waals surface area contributed by atoms with Crippen molar-refractivity contribution in [2.45, 2.75) is 39.5 Å². The van der Waals surface area contributed by atoms with Crippen LogP contribution in [0, 0.1) is 0 Å². The van der Waals surface area contributed by atoms with E-state index >= 15 is 0 Å². The van der Waals surface area contributed by atoms with Gasteiger partial charge in [0, 0.05) is 0 Å². The molecule has 0 aliphatic heterocycles. The summed E-state index contributed by atoms with van der Waals surface area (Å²) in [6.45, 7) is 4.30. The highest BCUT2D eigenvalue weighted by molar-refractivity contribution is 7.80. The van der Waals surface area contributed by atoms with Gasteiger partial charge >= 0.3 is 0 Å². The Labute approximate surface area is 70.1 Å². The molecule has 0 saturated heterocycles. The van der Waals surface area contributed by atoms with Crippen LogP contribution in [-0.2, 0) is 0 Å². The minimum atomic E-state index is 1.04. The largest absolute Gasteiger partial charge is 0.179 e. The van der Waals surface area contributed by atoms with Gasteiger partial charge < -0.3 is 0 Å². The van der Waals surface area contributed by atoms with Gasteiger partial charge in [0.15, 0.2) is 0 Å². The molecule has 10 heavy (non-hydrogen) atoms. The molecule has 60 valence electrons. The molecule has 0 aliphatic carbocycles. The number of unbranched alkanes of at least 4 members (excludes halogenated alkanes) is 3. The van der Waals surface area contributed by atoms with Crippen molar-refractivity contribution in [3.8, 4) is 0 Å². The van der Waals surface area contributed by atoms with Crippen molar-refractivity contribution in [1.29, 1.82) is 0 Å². The van der Waals surface area contributed by atoms with Crippen molar-refractivity contribution in [3.05, 3.63) is 11.6 Å². The highest BCUT2D eigenvalue weighted by Crippen LogP contribution is 2.03. The Morgan fingerprint density at radius 1 is 1.20 bits per heavy atom. The van der Waals surface area contributed by atoms with Gasteiger partial charge in [-0.05, 0) is 38.9 Å². The first-order valence-electron chi connectivity index (χ1n) is 4.01. The molecule has 0 amide bonds. The monoisotopic (exact) mass is 158 g/mol. The second kappa shape index (κ2) is 7.20. The Morgan fingerprint density at radius 3 is 2.40 bits per heavy atom. The molecule has 0 aliphatic rings. The summed E-state index contributed by atoms with van der Waals surface area (Å²) in [5.74, 6) is 1.04. The van der Waals surface area contributed by atoms with Gasteiger partial charge in [0.25, 0.3) is 0 Å². The summed E-state index contributed by atoms with van der Waals surface area (Å²) in [4.78, 5) is 0. The van der Waals surface area contributed by atoms with Gasteiger partial charge in [-0.25, -0.2) is 0 Å². The first-order valence-corrected chi connectivity index (χ1v) is 4.65. The fourth-order valence-electron chi connectivity index (χ4n) is 0.824. The molecule has 0 nitrogen and oxygen atoms in total. The maximum absolute atomic E-state index is 4.15. The van der Waals surface area contributed by atoms with Crippen LogP contribution in [-0.4, -0.2) is 5.75 Å². The SMILES string of the molecule is CC(C)=CCCCCCS. The molecule has 0 spiro atoms. The Hall–Kier alpha value is 0.0900. The van der Waals surface area contributed by atoms with Crippen molar-refractivity contribution < 1.29 is 0 Å². The smallest absolute Gasteiger partial charge is 0.00979 e. The van der Waals surface area contributed by atoms with Crippen molar-refractivity contribution >= 4 is 12.6 Å². The summed E-state index contributed by atoms with van der Waals surface area (Å²) < 4.78 is 0. The third kappa shape index (κ3) is 8.09. The Morgan fingerprint density at radius 2 is 1.90 bits per heavy atom. The van der Waals surface area contributed by atoms with Gasteiger partial charge in [-0.2, -0.15) is 12.6 Å². The number of hydrogen-bond acceptors (Lipinski definition) is 1. The summed E-state index contributed by atoms with van der Waals surface area (Å²) in [5, 5.41) is 0. The van der Waals surface area contributed by atoms with E-state index in [2.05, 4.69) is 32.6 Å². The Balaban J connectivity index is 2.98. The van der Waals surface area contributed by atoms with Crippen molar-refractivity contribution in [3.63, 3.8) is 0 Å². The van der Waals surface area contributed by atoms with E-state index in [1.807, 2.05) is 0 Å². The van der Waals surface area contributed by atoms with E-state index in [-0.39, 0.29) is 0 Å². The predicted octanol–water partition coefficient (Wildman–Crippen LogP) is 3.44.